The van der Waals surface area contributed by atoms with E-state index in [-0.39, 0.29) is 23.1 Å². The van der Waals surface area contributed by atoms with Crippen molar-refractivity contribution in [3.05, 3.63) is 39.8 Å². The third-order valence-corrected chi connectivity index (χ3v) is 2.57. The smallest absolute Gasteiger partial charge is 0.341 e. The van der Waals surface area contributed by atoms with Gasteiger partial charge in [-0.1, -0.05) is 0 Å². The van der Waals surface area contributed by atoms with E-state index < -0.39 is 11.4 Å². The molecule has 0 fully saturated rings. The topological polar surface area (TPSA) is 101 Å². The van der Waals surface area contributed by atoms with Crippen molar-refractivity contribution in [2.45, 2.75) is 6.92 Å². The van der Waals surface area contributed by atoms with Crippen LogP contribution < -0.4 is 10.9 Å². The zero-order valence-electron chi connectivity index (χ0n) is 10.1. The van der Waals surface area contributed by atoms with E-state index in [1.165, 1.54) is 10.7 Å². The third kappa shape index (κ3) is 2.30. The molecule has 98 valence electrons. The van der Waals surface area contributed by atoms with Gasteiger partial charge in [0.15, 0.2) is 5.65 Å². The van der Waals surface area contributed by atoms with Gasteiger partial charge in [0.25, 0.3) is 0 Å². The average molecular weight is 261 g/mol. The highest BCUT2D eigenvalue weighted by molar-refractivity contribution is 5.91. The van der Waals surface area contributed by atoms with Crippen molar-refractivity contribution in [1.82, 2.24) is 9.66 Å². The van der Waals surface area contributed by atoms with Crippen LogP contribution in [0.5, 0.6) is 0 Å². The van der Waals surface area contributed by atoms with Gasteiger partial charge in [0.1, 0.15) is 11.8 Å². The van der Waals surface area contributed by atoms with Crippen LogP contribution in [0.2, 0.25) is 0 Å². The number of nitrogens with zero attached hydrogens (tertiary/aromatic N) is 2. The minimum atomic E-state index is -1.32. The zero-order chi connectivity index (χ0) is 14.0. The number of carboxylic acids is 1. The quantitative estimate of drug-likeness (QED) is 0.759. The van der Waals surface area contributed by atoms with Gasteiger partial charge >= 0.3 is 5.97 Å². The molecule has 2 rings (SSSR count). The van der Waals surface area contributed by atoms with E-state index in [4.69, 9.17) is 5.11 Å². The fraction of sp³-hybridized carbons (Fsp3) is 0.167. The SMILES string of the molecule is Cc1ccc2c(=O)c(C(=O)O)cn(NCC=O)c2n1. The van der Waals surface area contributed by atoms with E-state index in [0.29, 0.717) is 12.0 Å². The van der Waals surface area contributed by atoms with E-state index in [1.54, 1.807) is 13.0 Å². The molecule has 7 nitrogen and oxygen atoms in total. The first-order valence-corrected chi connectivity index (χ1v) is 5.48. The molecule has 0 saturated carbocycles. The molecule has 2 aromatic rings. The molecule has 0 radical (unpaired) electrons. The van der Waals surface area contributed by atoms with E-state index in [2.05, 4.69) is 10.4 Å². The van der Waals surface area contributed by atoms with Crippen molar-refractivity contribution in [3.63, 3.8) is 0 Å². The molecular weight excluding hydrogens is 250 g/mol. The Morgan fingerprint density at radius 1 is 1.53 bits per heavy atom. The van der Waals surface area contributed by atoms with Crippen molar-refractivity contribution >= 4 is 23.3 Å². The number of pyridine rings is 2. The number of carbonyl (C=O) groups excluding carboxylic acids is 1. The highest BCUT2D eigenvalue weighted by Crippen LogP contribution is 2.09. The molecule has 0 aliphatic carbocycles. The summed E-state index contributed by atoms with van der Waals surface area (Å²) in [5.41, 5.74) is 2.66. The van der Waals surface area contributed by atoms with E-state index in [0.717, 1.165) is 6.20 Å². The summed E-state index contributed by atoms with van der Waals surface area (Å²) in [5, 5.41) is 9.18. The molecule has 2 N–H and O–H groups in total. The Hall–Kier alpha value is -2.70. The molecule has 19 heavy (non-hydrogen) atoms. The van der Waals surface area contributed by atoms with Gasteiger partial charge in [-0.15, -0.1) is 0 Å². The maximum absolute atomic E-state index is 12.0. The van der Waals surface area contributed by atoms with Gasteiger partial charge in [-0.25, -0.2) is 14.5 Å². The molecule has 0 aromatic carbocycles. The summed E-state index contributed by atoms with van der Waals surface area (Å²) in [7, 11) is 0. The number of nitrogens with one attached hydrogen (secondary N) is 1. The Morgan fingerprint density at radius 3 is 2.89 bits per heavy atom. The van der Waals surface area contributed by atoms with Crippen LogP contribution in [0.15, 0.2) is 23.1 Å². The van der Waals surface area contributed by atoms with E-state index in [9.17, 15) is 14.4 Å². The Kier molecular flexibility index (Phi) is 3.28. The first kappa shape index (κ1) is 12.7. The summed E-state index contributed by atoms with van der Waals surface area (Å²) in [6, 6.07) is 3.14. The lowest BCUT2D eigenvalue weighted by Crippen LogP contribution is -2.25. The van der Waals surface area contributed by atoms with Gasteiger partial charge in [-0.05, 0) is 19.1 Å². The maximum Gasteiger partial charge on any atom is 0.341 e. The lowest BCUT2D eigenvalue weighted by Gasteiger charge is -2.12. The number of aldehydes is 1. The first-order valence-electron chi connectivity index (χ1n) is 5.48. The summed E-state index contributed by atoms with van der Waals surface area (Å²) in [6.45, 7) is 1.73. The Bertz CT molecular complexity index is 721. The van der Waals surface area contributed by atoms with Crippen molar-refractivity contribution < 1.29 is 14.7 Å². The minimum Gasteiger partial charge on any atom is -0.477 e. The standard InChI is InChI=1S/C12H11N3O4/c1-7-2-3-8-10(17)9(12(18)19)6-15(11(8)14-7)13-4-5-16/h2-3,5-6,13H,4H2,1H3,(H,18,19). The molecule has 0 aliphatic rings. The van der Waals surface area contributed by atoms with Gasteiger partial charge in [-0.3, -0.25) is 4.79 Å². The molecule has 0 saturated heterocycles. The second kappa shape index (κ2) is 4.89. The van der Waals surface area contributed by atoms with E-state index >= 15 is 0 Å². The number of hydrogen-bond acceptors (Lipinski definition) is 5. The molecule has 2 heterocycles. The number of rotatable bonds is 4. The first-order chi connectivity index (χ1) is 9.04. The Balaban J connectivity index is 2.79. The summed E-state index contributed by atoms with van der Waals surface area (Å²) in [6.07, 6.45) is 1.75. The van der Waals surface area contributed by atoms with Crippen LogP contribution in [0, 0.1) is 6.92 Å². The van der Waals surface area contributed by atoms with Crippen LogP contribution >= 0.6 is 0 Å². The predicted octanol–water partition coefficient (Wildman–Crippen LogP) is 0.146. The maximum atomic E-state index is 12.0. The average Bonchev–Trinajstić information content (AvgIpc) is 2.37. The van der Waals surface area contributed by atoms with E-state index in [1.807, 2.05) is 0 Å². The Morgan fingerprint density at radius 2 is 2.26 bits per heavy atom. The molecule has 0 atom stereocenters. The highest BCUT2D eigenvalue weighted by atomic mass is 16.4. The lowest BCUT2D eigenvalue weighted by atomic mass is 10.2. The van der Waals surface area contributed by atoms with Gasteiger partial charge in [-0.2, -0.15) is 0 Å². The molecule has 0 bridgehead atoms. The third-order valence-electron chi connectivity index (χ3n) is 2.57. The largest absolute Gasteiger partial charge is 0.477 e. The van der Waals surface area contributed by atoms with Crippen molar-refractivity contribution in [1.29, 1.82) is 0 Å². The van der Waals surface area contributed by atoms with Crippen molar-refractivity contribution in [2.75, 3.05) is 12.0 Å². The van der Waals surface area contributed by atoms with Crippen LogP contribution in [0.3, 0.4) is 0 Å². The van der Waals surface area contributed by atoms with Crippen molar-refractivity contribution in [2.24, 2.45) is 0 Å². The van der Waals surface area contributed by atoms with Crippen LogP contribution in [0.25, 0.3) is 11.0 Å². The number of aromatic nitrogens is 2. The monoisotopic (exact) mass is 261 g/mol. The van der Waals surface area contributed by atoms with Gasteiger partial charge in [0, 0.05) is 11.9 Å². The number of aryl methyl sites for hydroxylation is 1. The fourth-order valence-corrected chi connectivity index (χ4v) is 1.71. The molecule has 0 amide bonds. The highest BCUT2D eigenvalue weighted by Gasteiger charge is 2.15. The van der Waals surface area contributed by atoms with Crippen LogP contribution in [0.1, 0.15) is 16.1 Å². The lowest BCUT2D eigenvalue weighted by molar-refractivity contribution is -0.106. The van der Waals surface area contributed by atoms with Crippen LogP contribution in [0.4, 0.5) is 0 Å². The number of fused-ring (bicyclic) bond motifs is 1. The Labute approximate surface area is 107 Å². The van der Waals surface area contributed by atoms with Gasteiger partial charge in [0.05, 0.1) is 11.9 Å². The predicted molar refractivity (Wildman–Crippen MR) is 68.0 cm³/mol. The van der Waals surface area contributed by atoms with Crippen LogP contribution in [-0.4, -0.2) is 33.6 Å². The molecule has 0 spiro atoms. The van der Waals surface area contributed by atoms with Gasteiger partial charge in [0.2, 0.25) is 5.43 Å². The van der Waals surface area contributed by atoms with Crippen LogP contribution in [-0.2, 0) is 4.79 Å². The second-order valence-electron chi connectivity index (χ2n) is 3.90. The number of carboxylic acid groups (broad SMARTS) is 1. The van der Waals surface area contributed by atoms with Gasteiger partial charge < -0.3 is 15.3 Å². The molecule has 0 unspecified atom stereocenters. The van der Waals surface area contributed by atoms with Crippen molar-refractivity contribution in [3.8, 4) is 0 Å². The molecule has 7 heteroatoms. The second-order valence-corrected chi connectivity index (χ2v) is 3.90. The summed E-state index contributed by atoms with van der Waals surface area (Å²) in [5.74, 6) is -1.32. The number of carbonyl (C=O) groups is 2. The summed E-state index contributed by atoms with van der Waals surface area (Å²) < 4.78 is 1.28. The molecule has 2 aromatic heterocycles. The fourth-order valence-electron chi connectivity index (χ4n) is 1.71. The molecular formula is C12H11N3O4. The number of hydrogen-bond donors (Lipinski definition) is 2. The molecule has 0 aliphatic heterocycles. The normalized spacial score (nSPS) is 10.4. The minimum absolute atomic E-state index is 0.0212. The number of aromatic carboxylic acids is 1. The summed E-state index contributed by atoms with van der Waals surface area (Å²) >= 11 is 0. The summed E-state index contributed by atoms with van der Waals surface area (Å²) in [4.78, 5) is 37.6. The zero-order valence-corrected chi connectivity index (χ0v) is 10.1.